The molecule has 0 unspecified atom stereocenters. The van der Waals surface area contributed by atoms with Gasteiger partial charge in [-0.15, -0.1) is 0 Å². The van der Waals surface area contributed by atoms with Crippen LogP contribution in [0.2, 0.25) is 5.02 Å². The van der Waals surface area contributed by atoms with Crippen molar-refractivity contribution in [1.29, 1.82) is 0 Å². The van der Waals surface area contributed by atoms with Crippen LogP contribution in [-0.4, -0.2) is 25.8 Å². The highest BCUT2D eigenvalue weighted by Gasteiger charge is 2.12. The van der Waals surface area contributed by atoms with Gasteiger partial charge in [0.1, 0.15) is 11.5 Å². The summed E-state index contributed by atoms with van der Waals surface area (Å²) in [5.41, 5.74) is 4.38. The summed E-state index contributed by atoms with van der Waals surface area (Å²) in [5, 5.41) is 4.56. The maximum absolute atomic E-state index is 12.2. The summed E-state index contributed by atoms with van der Waals surface area (Å²) in [6.45, 7) is 1.80. The van der Waals surface area contributed by atoms with Crippen LogP contribution in [-0.2, 0) is 0 Å². The average molecular weight is 333 g/mol. The molecule has 0 fully saturated rings. The molecule has 0 atom stereocenters. The van der Waals surface area contributed by atoms with E-state index in [2.05, 4.69) is 10.5 Å². The molecule has 0 spiro atoms. The van der Waals surface area contributed by atoms with E-state index in [1.165, 1.54) is 13.2 Å². The average Bonchev–Trinajstić information content (AvgIpc) is 2.59. The van der Waals surface area contributed by atoms with Crippen molar-refractivity contribution in [2.24, 2.45) is 5.10 Å². The lowest BCUT2D eigenvalue weighted by Crippen LogP contribution is -2.20. The molecule has 0 aliphatic rings. The van der Waals surface area contributed by atoms with Gasteiger partial charge in [-0.3, -0.25) is 4.79 Å². The minimum absolute atomic E-state index is 0.325. The number of hydrazone groups is 1. The Kier molecular flexibility index (Phi) is 5.60. The van der Waals surface area contributed by atoms with E-state index in [1.807, 2.05) is 24.3 Å². The standard InChI is InChI=1S/C17H17ClN2O3/c1-11(12-4-7-14(22-2)8-5-12)19-20-17(21)15-10-13(18)6-9-16(15)23-3/h4-10H,1-3H3,(H,20,21)/b19-11+. The lowest BCUT2D eigenvalue weighted by molar-refractivity contribution is 0.0952. The van der Waals surface area contributed by atoms with Crippen molar-refractivity contribution in [3.8, 4) is 11.5 Å². The number of carbonyl (C=O) groups is 1. The van der Waals surface area contributed by atoms with E-state index in [4.69, 9.17) is 21.1 Å². The first-order chi connectivity index (χ1) is 11.0. The van der Waals surface area contributed by atoms with Crippen LogP contribution >= 0.6 is 11.6 Å². The Morgan fingerprint density at radius 2 is 1.78 bits per heavy atom. The number of nitrogens with one attached hydrogen (secondary N) is 1. The van der Waals surface area contributed by atoms with Gasteiger partial charge in [0.15, 0.2) is 0 Å². The summed E-state index contributed by atoms with van der Waals surface area (Å²) in [7, 11) is 3.10. The molecule has 23 heavy (non-hydrogen) atoms. The first-order valence-corrected chi connectivity index (χ1v) is 7.25. The van der Waals surface area contributed by atoms with E-state index in [0.717, 1.165) is 11.3 Å². The fraction of sp³-hybridized carbons (Fsp3) is 0.176. The number of nitrogens with zero attached hydrogens (tertiary/aromatic N) is 1. The molecule has 1 N–H and O–H groups in total. The van der Waals surface area contributed by atoms with Gasteiger partial charge in [-0.05, 0) is 55.0 Å². The van der Waals surface area contributed by atoms with Crippen molar-refractivity contribution in [2.75, 3.05) is 14.2 Å². The number of methoxy groups -OCH3 is 2. The number of hydrogen-bond donors (Lipinski definition) is 1. The predicted octanol–water partition coefficient (Wildman–Crippen LogP) is 3.51. The molecule has 2 aromatic rings. The van der Waals surface area contributed by atoms with Crippen LogP contribution in [0, 0.1) is 0 Å². The Bertz CT molecular complexity index is 727. The SMILES string of the molecule is COc1ccc(/C(C)=N/NC(=O)c2cc(Cl)ccc2OC)cc1. The van der Waals surface area contributed by atoms with E-state index in [9.17, 15) is 4.79 Å². The number of amides is 1. The number of hydrogen-bond acceptors (Lipinski definition) is 4. The molecule has 0 heterocycles. The van der Waals surface area contributed by atoms with E-state index >= 15 is 0 Å². The highest BCUT2D eigenvalue weighted by atomic mass is 35.5. The van der Waals surface area contributed by atoms with Gasteiger partial charge in [-0.1, -0.05) is 11.6 Å². The molecule has 6 heteroatoms. The fourth-order valence-corrected chi connectivity index (χ4v) is 2.12. The van der Waals surface area contributed by atoms with Crippen LogP contribution in [0.1, 0.15) is 22.8 Å². The normalized spacial score (nSPS) is 11.0. The minimum atomic E-state index is -0.391. The molecule has 0 radical (unpaired) electrons. The van der Waals surface area contributed by atoms with Gasteiger partial charge in [-0.2, -0.15) is 5.10 Å². The van der Waals surface area contributed by atoms with Gasteiger partial charge in [0, 0.05) is 5.02 Å². The molecule has 0 aromatic heterocycles. The Labute approximate surface area is 139 Å². The summed E-state index contributed by atoms with van der Waals surface area (Å²) < 4.78 is 10.3. The van der Waals surface area contributed by atoms with E-state index in [-0.39, 0.29) is 0 Å². The van der Waals surface area contributed by atoms with Crippen molar-refractivity contribution in [3.05, 3.63) is 58.6 Å². The molecule has 5 nitrogen and oxygen atoms in total. The Morgan fingerprint density at radius 3 is 2.39 bits per heavy atom. The van der Waals surface area contributed by atoms with Gasteiger partial charge < -0.3 is 9.47 Å². The molecule has 0 saturated carbocycles. The topological polar surface area (TPSA) is 59.9 Å². The Balaban J connectivity index is 2.15. The molecule has 2 rings (SSSR count). The summed E-state index contributed by atoms with van der Waals surface area (Å²) in [5.74, 6) is 0.802. The molecule has 2 aromatic carbocycles. The van der Waals surface area contributed by atoms with Gasteiger partial charge in [-0.25, -0.2) is 5.43 Å². The summed E-state index contributed by atoms with van der Waals surface area (Å²) >= 11 is 5.92. The second-order valence-electron chi connectivity index (χ2n) is 4.71. The summed E-state index contributed by atoms with van der Waals surface area (Å²) in [6, 6.07) is 12.2. The van der Waals surface area contributed by atoms with E-state index in [1.54, 1.807) is 26.2 Å². The van der Waals surface area contributed by atoms with Gasteiger partial charge in [0.25, 0.3) is 5.91 Å². The number of halogens is 1. The predicted molar refractivity (Wildman–Crippen MR) is 90.7 cm³/mol. The van der Waals surface area contributed by atoms with Gasteiger partial charge >= 0.3 is 0 Å². The lowest BCUT2D eigenvalue weighted by atomic mass is 10.1. The number of carbonyl (C=O) groups excluding carboxylic acids is 1. The second-order valence-corrected chi connectivity index (χ2v) is 5.15. The smallest absolute Gasteiger partial charge is 0.275 e. The third-order valence-electron chi connectivity index (χ3n) is 3.24. The maximum Gasteiger partial charge on any atom is 0.275 e. The van der Waals surface area contributed by atoms with Crippen LogP contribution in [0.3, 0.4) is 0 Å². The zero-order chi connectivity index (χ0) is 16.8. The first-order valence-electron chi connectivity index (χ1n) is 6.87. The van der Waals surface area contributed by atoms with Crippen LogP contribution in [0.4, 0.5) is 0 Å². The van der Waals surface area contributed by atoms with E-state index in [0.29, 0.717) is 22.0 Å². The molecule has 120 valence electrons. The van der Waals surface area contributed by atoms with Gasteiger partial charge in [0.2, 0.25) is 0 Å². The van der Waals surface area contributed by atoms with Crippen LogP contribution in [0.15, 0.2) is 47.6 Å². The van der Waals surface area contributed by atoms with Crippen LogP contribution < -0.4 is 14.9 Å². The van der Waals surface area contributed by atoms with Crippen LogP contribution in [0.5, 0.6) is 11.5 Å². The lowest BCUT2D eigenvalue weighted by Gasteiger charge is -2.08. The molecule has 0 aliphatic carbocycles. The molecule has 0 bridgehead atoms. The van der Waals surface area contributed by atoms with Crippen molar-refractivity contribution in [1.82, 2.24) is 5.43 Å². The zero-order valence-electron chi connectivity index (χ0n) is 13.1. The number of benzene rings is 2. The van der Waals surface area contributed by atoms with Gasteiger partial charge in [0.05, 0.1) is 25.5 Å². The molecule has 0 saturated heterocycles. The highest BCUT2D eigenvalue weighted by Crippen LogP contribution is 2.22. The van der Waals surface area contributed by atoms with Crippen molar-refractivity contribution in [3.63, 3.8) is 0 Å². The quantitative estimate of drug-likeness (QED) is 0.673. The highest BCUT2D eigenvalue weighted by molar-refractivity contribution is 6.31. The molecule has 1 amide bonds. The molecule has 0 aliphatic heterocycles. The largest absolute Gasteiger partial charge is 0.497 e. The molecular weight excluding hydrogens is 316 g/mol. The summed E-state index contributed by atoms with van der Waals surface area (Å²) in [4.78, 5) is 12.2. The zero-order valence-corrected chi connectivity index (χ0v) is 13.8. The van der Waals surface area contributed by atoms with Crippen molar-refractivity contribution in [2.45, 2.75) is 6.92 Å². The summed E-state index contributed by atoms with van der Waals surface area (Å²) in [6.07, 6.45) is 0. The Hall–Kier alpha value is -2.53. The number of rotatable bonds is 5. The Morgan fingerprint density at radius 1 is 1.09 bits per heavy atom. The monoisotopic (exact) mass is 332 g/mol. The third-order valence-corrected chi connectivity index (χ3v) is 3.47. The molecular formula is C17H17ClN2O3. The van der Waals surface area contributed by atoms with E-state index < -0.39 is 5.91 Å². The van der Waals surface area contributed by atoms with Crippen LogP contribution in [0.25, 0.3) is 0 Å². The van der Waals surface area contributed by atoms with Crippen molar-refractivity contribution < 1.29 is 14.3 Å². The maximum atomic E-state index is 12.2. The third kappa shape index (κ3) is 4.23. The second kappa shape index (κ2) is 7.65. The number of ether oxygens (including phenoxy) is 2. The fourth-order valence-electron chi connectivity index (χ4n) is 1.95. The first kappa shape index (κ1) is 16.8. The van der Waals surface area contributed by atoms with Crippen molar-refractivity contribution >= 4 is 23.2 Å². The minimum Gasteiger partial charge on any atom is -0.497 e.